The molecule has 2 aromatic carbocycles. The molecule has 4 N–H and O–H groups in total. The topological polar surface area (TPSA) is 168 Å². The highest BCUT2D eigenvalue weighted by molar-refractivity contribution is 7.46. The number of carbonyl (C=O) groups is 1. The molecule has 2 heterocycles. The van der Waals surface area contributed by atoms with Crippen LogP contribution in [0.3, 0.4) is 0 Å². The summed E-state index contributed by atoms with van der Waals surface area (Å²) in [5, 5.41) is 6.61. The first-order valence-corrected chi connectivity index (χ1v) is 18.4. The Morgan fingerprint density at radius 3 is 2.39 bits per heavy atom. The SMILES string of the molecule is COc1cc2c(Nc3ncc(CC(=O)Nc4cccc(F)c4F)s3)ncnc2cc1OCCCN(C)C(COP(=O)(O)O)(C(C)(C)C)C(C)(C)C. The molecule has 0 radical (unpaired) electrons. The molecule has 278 valence electrons. The van der Waals surface area contributed by atoms with Gasteiger partial charge in [-0.15, -0.1) is 11.3 Å². The van der Waals surface area contributed by atoms with Gasteiger partial charge in [0.05, 0.1) is 43.5 Å². The molecule has 51 heavy (non-hydrogen) atoms. The van der Waals surface area contributed by atoms with Crippen molar-refractivity contribution in [2.45, 2.75) is 59.9 Å². The third kappa shape index (κ3) is 9.56. The summed E-state index contributed by atoms with van der Waals surface area (Å²) in [5.74, 6) is -1.35. The molecule has 0 aliphatic heterocycles. The Morgan fingerprint density at radius 2 is 1.75 bits per heavy atom. The highest BCUT2D eigenvalue weighted by Crippen LogP contribution is 2.51. The summed E-state index contributed by atoms with van der Waals surface area (Å²) in [6.07, 6.45) is 3.39. The lowest BCUT2D eigenvalue weighted by molar-refractivity contribution is -0.115. The number of nitrogens with one attached hydrogen (secondary N) is 2. The number of hydrogen-bond donors (Lipinski definition) is 4. The van der Waals surface area contributed by atoms with Gasteiger partial charge in [-0.05, 0) is 42.5 Å². The van der Waals surface area contributed by atoms with Gasteiger partial charge in [0.15, 0.2) is 28.3 Å². The lowest BCUT2D eigenvalue weighted by Gasteiger charge is -2.58. The maximum atomic E-state index is 14.0. The molecule has 4 rings (SSSR count). The van der Waals surface area contributed by atoms with Crippen LogP contribution in [0.25, 0.3) is 10.9 Å². The van der Waals surface area contributed by atoms with E-state index >= 15 is 0 Å². The van der Waals surface area contributed by atoms with Gasteiger partial charge in [-0.3, -0.25) is 14.2 Å². The Kier molecular flexibility index (Phi) is 12.4. The lowest BCUT2D eigenvalue weighted by atomic mass is 9.59. The number of rotatable bonds is 15. The first kappa shape index (κ1) is 40.0. The van der Waals surface area contributed by atoms with E-state index in [-0.39, 0.29) is 18.7 Å². The van der Waals surface area contributed by atoms with Crippen molar-refractivity contribution in [1.29, 1.82) is 0 Å². The van der Waals surface area contributed by atoms with Crippen LogP contribution < -0.4 is 20.1 Å². The molecular weight excluding hydrogens is 705 g/mol. The minimum absolute atomic E-state index is 0.0985. The Hall–Kier alpha value is -3.79. The number of hydrogen-bond acceptors (Lipinski definition) is 11. The second kappa shape index (κ2) is 15.8. The number of anilines is 3. The molecule has 1 amide bonds. The number of benzene rings is 2. The molecule has 17 heteroatoms. The number of thiazole rings is 1. The van der Waals surface area contributed by atoms with Crippen LogP contribution in [-0.2, 0) is 20.3 Å². The van der Waals surface area contributed by atoms with Crippen LogP contribution in [0, 0.1) is 22.5 Å². The first-order valence-electron chi connectivity index (χ1n) is 16.1. The van der Waals surface area contributed by atoms with Gasteiger partial charge in [-0.25, -0.2) is 28.3 Å². The van der Waals surface area contributed by atoms with Gasteiger partial charge in [0.1, 0.15) is 12.1 Å². The number of aromatic nitrogens is 3. The van der Waals surface area contributed by atoms with Crippen LogP contribution in [0.15, 0.2) is 42.9 Å². The molecule has 0 saturated heterocycles. The molecule has 0 fully saturated rings. The van der Waals surface area contributed by atoms with Gasteiger partial charge in [0.25, 0.3) is 0 Å². The predicted octanol–water partition coefficient (Wildman–Crippen LogP) is 6.94. The van der Waals surface area contributed by atoms with Gasteiger partial charge in [0, 0.05) is 29.1 Å². The molecule has 0 aliphatic carbocycles. The number of nitrogens with zero attached hydrogens (tertiary/aromatic N) is 4. The van der Waals surface area contributed by atoms with Crippen molar-refractivity contribution in [2.24, 2.45) is 10.8 Å². The van der Waals surface area contributed by atoms with E-state index in [1.54, 1.807) is 12.1 Å². The van der Waals surface area contributed by atoms with E-state index in [0.29, 0.717) is 57.8 Å². The fraction of sp³-hybridized carbons (Fsp3) is 0.471. The molecule has 0 saturated carbocycles. The molecule has 2 aromatic heterocycles. The van der Waals surface area contributed by atoms with E-state index in [1.807, 2.05) is 48.6 Å². The molecule has 0 atom stereocenters. The summed E-state index contributed by atoms with van der Waals surface area (Å²) in [4.78, 5) is 47.3. The largest absolute Gasteiger partial charge is 0.493 e. The van der Waals surface area contributed by atoms with Crippen molar-refractivity contribution >= 4 is 52.6 Å². The zero-order chi connectivity index (χ0) is 37.8. The average Bonchev–Trinajstić information content (AvgIpc) is 3.45. The van der Waals surface area contributed by atoms with Crippen LogP contribution in [0.2, 0.25) is 0 Å². The zero-order valence-corrected chi connectivity index (χ0v) is 31.6. The van der Waals surface area contributed by atoms with Crippen molar-refractivity contribution in [3.05, 3.63) is 59.4 Å². The minimum Gasteiger partial charge on any atom is -0.493 e. The van der Waals surface area contributed by atoms with Gasteiger partial charge in [-0.1, -0.05) is 47.6 Å². The van der Waals surface area contributed by atoms with Crippen molar-refractivity contribution in [1.82, 2.24) is 19.9 Å². The Bertz CT molecular complexity index is 1880. The van der Waals surface area contributed by atoms with Crippen LogP contribution in [-0.4, -0.2) is 75.0 Å². The van der Waals surface area contributed by atoms with Crippen molar-refractivity contribution in [3.8, 4) is 11.5 Å². The fourth-order valence-corrected chi connectivity index (χ4v) is 7.77. The Morgan fingerprint density at radius 1 is 1.04 bits per heavy atom. The maximum absolute atomic E-state index is 14.0. The van der Waals surface area contributed by atoms with Crippen LogP contribution in [0.4, 0.5) is 25.4 Å². The lowest BCUT2D eigenvalue weighted by Crippen LogP contribution is -2.66. The number of methoxy groups -OCH3 is 1. The summed E-state index contributed by atoms with van der Waals surface area (Å²) >= 11 is 1.20. The Labute approximate surface area is 300 Å². The number of amides is 1. The summed E-state index contributed by atoms with van der Waals surface area (Å²) in [6, 6.07) is 7.05. The summed E-state index contributed by atoms with van der Waals surface area (Å²) in [6.45, 7) is 12.9. The van der Waals surface area contributed by atoms with Gasteiger partial charge in [0.2, 0.25) is 5.91 Å². The molecule has 0 spiro atoms. The van der Waals surface area contributed by atoms with E-state index in [0.717, 1.165) is 6.07 Å². The quantitative estimate of drug-likeness (QED) is 0.0731. The fourth-order valence-electron chi connectivity index (χ4n) is 6.60. The molecule has 13 nitrogen and oxygen atoms in total. The van der Waals surface area contributed by atoms with E-state index in [4.69, 9.17) is 14.0 Å². The van der Waals surface area contributed by atoms with Gasteiger partial charge < -0.3 is 29.9 Å². The minimum atomic E-state index is -4.70. The molecule has 0 aliphatic rings. The summed E-state index contributed by atoms with van der Waals surface area (Å²) < 4.78 is 56.1. The number of phosphoric ester groups is 1. The van der Waals surface area contributed by atoms with Gasteiger partial charge >= 0.3 is 7.82 Å². The molecule has 4 aromatic rings. The van der Waals surface area contributed by atoms with E-state index in [2.05, 4.69) is 30.5 Å². The standard InChI is InChI=1S/C34H45F2N6O7PS/c1-32(2,3)34(33(4,5)6,19-49-50(44,45)46)42(7)13-10-14-48-27-17-25-22(16-26(27)47-8)30(39-20-38-25)41-31-37-18-21(51-31)15-28(43)40-24-12-9-11-23(35)29(24)36/h9,11-12,16-18,20H,10,13-15,19H2,1-8H3,(H,40,43)(H2,44,45,46)(H,37,38,39,41). The van der Waals surface area contributed by atoms with Crippen molar-refractivity contribution in [2.75, 3.05) is 44.5 Å². The molecule has 0 unspecified atom stereocenters. The zero-order valence-electron chi connectivity index (χ0n) is 29.9. The monoisotopic (exact) mass is 750 g/mol. The highest BCUT2D eigenvalue weighted by atomic mass is 32.1. The number of ether oxygens (including phenoxy) is 2. The van der Waals surface area contributed by atoms with Crippen molar-refractivity contribution < 1.29 is 41.9 Å². The van der Waals surface area contributed by atoms with Gasteiger partial charge in [-0.2, -0.15) is 0 Å². The second-order valence-electron chi connectivity index (χ2n) is 14.1. The van der Waals surface area contributed by atoms with E-state index in [9.17, 15) is 27.9 Å². The van der Waals surface area contributed by atoms with Crippen LogP contribution in [0.5, 0.6) is 11.5 Å². The smallest absolute Gasteiger partial charge is 0.469 e. The van der Waals surface area contributed by atoms with E-state index < -0.39 is 41.7 Å². The van der Waals surface area contributed by atoms with Crippen LogP contribution >= 0.6 is 19.2 Å². The number of fused-ring (bicyclic) bond motifs is 1. The number of likely N-dealkylation sites (N-methyl/N-ethyl adjacent to an activating group) is 1. The first-order chi connectivity index (χ1) is 23.8. The molecular formula is C34H45F2N6O7PS. The third-order valence-corrected chi connectivity index (χ3v) is 10.1. The number of halogens is 2. The van der Waals surface area contributed by atoms with E-state index in [1.165, 1.54) is 43.1 Å². The number of phosphoric acid groups is 1. The normalized spacial score (nSPS) is 12.7. The number of carbonyl (C=O) groups excluding carboxylic acids is 1. The summed E-state index contributed by atoms with van der Waals surface area (Å²) in [7, 11) is -1.25. The molecule has 0 bridgehead atoms. The predicted molar refractivity (Wildman–Crippen MR) is 193 cm³/mol. The Balaban J connectivity index is 1.43. The second-order valence-corrected chi connectivity index (χ2v) is 16.4. The highest BCUT2D eigenvalue weighted by Gasteiger charge is 2.54. The van der Waals surface area contributed by atoms with Crippen LogP contribution in [0.1, 0.15) is 52.8 Å². The van der Waals surface area contributed by atoms with Crippen molar-refractivity contribution in [3.63, 3.8) is 0 Å². The third-order valence-electron chi connectivity index (χ3n) is 8.73. The average molecular weight is 751 g/mol. The summed E-state index contributed by atoms with van der Waals surface area (Å²) in [5.41, 5.74) is -1.24. The maximum Gasteiger partial charge on any atom is 0.469 e.